The van der Waals surface area contributed by atoms with Crippen LogP contribution in [0.2, 0.25) is 0 Å². The van der Waals surface area contributed by atoms with Crippen molar-refractivity contribution in [3.8, 4) is 17.2 Å². The van der Waals surface area contributed by atoms with E-state index in [9.17, 15) is 14.7 Å². The van der Waals surface area contributed by atoms with Crippen molar-refractivity contribution in [1.29, 1.82) is 0 Å². The average Bonchev–Trinajstić information content (AvgIpc) is 3.48. The summed E-state index contributed by atoms with van der Waals surface area (Å²) in [5, 5.41) is 14.0. The van der Waals surface area contributed by atoms with E-state index in [1.165, 1.54) is 4.90 Å². The smallest absolute Gasteiger partial charge is 0.295 e. The maximum absolute atomic E-state index is 14.0. The van der Waals surface area contributed by atoms with Gasteiger partial charge < -0.3 is 29.1 Å². The summed E-state index contributed by atoms with van der Waals surface area (Å²) in [4.78, 5) is 30.0. The predicted molar refractivity (Wildman–Crippen MR) is 161 cm³/mol. The Morgan fingerprint density at radius 2 is 1.79 bits per heavy atom. The molecule has 1 saturated heterocycles. The third-order valence-electron chi connectivity index (χ3n) is 8.21. The first-order chi connectivity index (χ1) is 20.3. The van der Waals surface area contributed by atoms with Gasteiger partial charge in [-0.3, -0.25) is 9.59 Å². The molecule has 2 heterocycles. The first-order valence-corrected chi connectivity index (χ1v) is 15.6. The first-order valence-electron chi connectivity index (χ1n) is 15.6. The van der Waals surface area contributed by atoms with Gasteiger partial charge in [0.25, 0.3) is 5.91 Å². The molecule has 0 bridgehead atoms. The number of ketones is 1. The Kier molecular flexibility index (Phi) is 10.9. The first kappa shape index (κ1) is 31.4. The summed E-state index contributed by atoms with van der Waals surface area (Å²) in [5.41, 5.74) is 1.98. The molecule has 8 nitrogen and oxygen atoms in total. The van der Waals surface area contributed by atoms with Gasteiger partial charge in [0.2, 0.25) is 5.78 Å². The highest BCUT2D eigenvalue weighted by atomic mass is 16.5. The van der Waals surface area contributed by atoms with Crippen molar-refractivity contribution in [2.45, 2.75) is 78.9 Å². The topological polar surface area (TPSA) is 92.6 Å². The zero-order valence-electron chi connectivity index (χ0n) is 25.8. The van der Waals surface area contributed by atoms with Gasteiger partial charge in [0.15, 0.2) is 11.5 Å². The molecule has 4 rings (SSSR count). The fourth-order valence-electron chi connectivity index (χ4n) is 5.89. The second-order valence-corrected chi connectivity index (χ2v) is 11.2. The number of quaternary nitrogens is 1. The van der Waals surface area contributed by atoms with Crippen LogP contribution in [-0.2, 0) is 16.0 Å². The van der Waals surface area contributed by atoms with Gasteiger partial charge in [-0.25, -0.2) is 0 Å². The van der Waals surface area contributed by atoms with Crippen molar-refractivity contribution >= 4 is 17.4 Å². The molecule has 2 aliphatic rings. The SMILES string of the molecule is CCCCCOc1ccc(C2C(=C([O-])c3ccc4c(c3)CC(C)O4)C(=O)C(=O)N2CCC[NH+](CC)CC)cc1OCC. The number of ether oxygens (including phenoxy) is 3. The van der Waals surface area contributed by atoms with Crippen LogP contribution in [0.1, 0.15) is 83.0 Å². The largest absolute Gasteiger partial charge is 0.872 e. The quantitative estimate of drug-likeness (QED) is 0.151. The number of hydrogen-bond acceptors (Lipinski definition) is 6. The standard InChI is InChI=1S/C34H46N2O6/c1-6-10-11-19-41-28-16-13-24(22-29(28)40-9-4)31-30(32(37)25-14-15-27-26(21-25)20-23(5)42-27)33(38)34(39)36(31)18-12-17-35(7-2)8-3/h13-16,21-23,31,37H,6-12,17-20H2,1-5H3. The van der Waals surface area contributed by atoms with Crippen LogP contribution < -0.4 is 24.2 Å². The van der Waals surface area contributed by atoms with E-state index in [0.717, 1.165) is 56.6 Å². The second kappa shape index (κ2) is 14.6. The van der Waals surface area contributed by atoms with Gasteiger partial charge in [-0.1, -0.05) is 37.7 Å². The molecule has 0 saturated carbocycles. The van der Waals surface area contributed by atoms with Gasteiger partial charge in [0.1, 0.15) is 11.9 Å². The lowest BCUT2D eigenvalue weighted by atomic mass is 9.94. The van der Waals surface area contributed by atoms with Crippen molar-refractivity contribution < 1.29 is 33.8 Å². The summed E-state index contributed by atoms with van der Waals surface area (Å²) in [7, 11) is 0. The number of rotatable bonds is 15. The van der Waals surface area contributed by atoms with Crippen LogP contribution in [0.5, 0.6) is 17.2 Å². The maximum atomic E-state index is 14.0. The minimum Gasteiger partial charge on any atom is -0.872 e. The summed E-state index contributed by atoms with van der Waals surface area (Å²) >= 11 is 0. The number of hydrogen-bond donors (Lipinski definition) is 1. The molecule has 1 N–H and O–H groups in total. The zero-order chi connectivity index (χ0) is 30.2. The maximum Gasteiger partial charge on any atom is 0.295 e. The van der Waals surface area contributed by atoms with E-state index in [0.29, 0.717) is 48.8 Å². The van der Waals surface area contributed by atoms with Gasteiger partial charge in [0.05, 0.1) is 38.9 Å². The molecule has 0 radical (unpaired) electrons. The average molecular weight is 579 g/mol. The van der Waals surface area contributed by atoms with E-state index < -0.39 is 23.5 Å². The third kappa shape index (κ3) is 6.92. The summed E-state index contributed by atoms with van der Waals surface area (Å²) in [6.45, 7) is 14.5. The molecule has 2 aliphatic heterocycles. The van der Waals surface area contributed by atoms with Gasteiger partial charge in [0, 0.05) is 25.0 Å². The number of likely N-dealkylation sites (tertiary alicyclic amines) is 1. The molecule has 2 aromatic rings. The number of carbonyl (C=O) groups is 2. The lowest BCUT2D eigenvalue weighted by Crippen LogP contribution is -3.11. The molecule has 0 spiro atoms. The Labute approximate surface area is 250 Å². The van der Waals surface area contributed by atoms with Crippen LogP contribution >= 0.6 is 0 Å². The Bertz CT molecular complexity index is 1280. The zero-order valence-corrected chi connectivity index (χ0v) is 25.8. The lowest BCUT2D eigenvalue weighted by molar-refractivity contribution is -0.896. The number of nitrogens with one attached hydrogen (secondary N) is 1. The van der Waals surface area contributed by atoms with Crippen LogP contribution in [0.4, 0.5) is 0 Å². The molecular formula is C34H46N2O6. The van der Waals surface area contributed by atoms with Gasteiger partial charge in [-0.05, 0) is 75.1 Å². The minimum atomic E-state index is -0.805. The minimum absolute atomic E-state index is 0.0128. The Balaban J connectivity index is 1.74. The highest BCUT2D eigenvalue weighted by Crippen LogP contribution is 2.42. The number of carbonyl (C=O) groups excluding carboxylic acids is 2. The van der Waals surface area contributed by atoms with Crippen molar-refractivity contribution in [3.63, 3.8) is 0 Å². The summed E-state index contributed by atoms with van der Waals surface area (Å²) < 4.78 is 17.8. The Morgan fingerprint density at radius 3 is 2.50 bits per heavy atom. The van der Waals surface area contributed by atoms with Crippen LogP contribution in [0.25, 0.3) is 5.76 Å². The van der Waals surface area contributed by atoms with E-state index in [1.54, 1.807) is 23.1 Å². The van der Waals surface area contributed by atoms with Crippen molar-refractivity contribution in [1.82, 2.24) is 4.90 Å². The van der Waals surface area contributed by atoms with E-state index in [4.69, 9.17) is 14.2 Å². The van der Waals surface area contributed by atoms with E-state index in [2.05, 4.69) is 20.8 Å². The summed E-state index contributed by atoms with van der Waals surface area (Å²) in [5.74, 6) is 0.129. The number of benzene rings is 2. The third-order valence-corrected chi connectivity index (χ3v) is 8.21. The molecule has 1 amide bonds. The van der Waals surface area contributed by atoms with Gasteiger partial charge in [-0.15, -0.1) is 0 Å². The molecular weight excluding hydrogens is 532 g/mol. The normalized spacial score (nSPS) is 19.3. The van der Waals surface area contributed by atoms with E-state index in [-0.39, 0.29) is 11.7 Å². The molecule has 0 aromatic heterocycles. The van der Waals surface area contributed by atoms with E-state index >= 15 is 0 Å². The van der Waals surface area contributed by atoms with Crippen LogP contribution in [0.15, 0.2) is 42.0 Å². The molecule has 8 heteroatoms. The van der Waals surface area contributed by atoms with Crippen molar-refractivity contribution in [2.24, 2.45) is 0 Å². The van der Waals surface area contributed by atoms with Crippen LogP contribution in [0, 0.1) is 0 Å². The second-order valence-electron chi connectivity index (χ2n) is 11.2. The van der Waals surface area contributed by atoms with Crippen molar-refractivity contribution in [3.05, 3.63) is 58.7 Å². The fraction of sp³-hybridized carbons (Fsp3) is 0.529. The summed E-state index contributed by atoms with van der Waals surface area (Å²) in [6.07, 6.45) is 4.56. The predicted octanol–water partition coefficient (Wildman–Crippen LogP) is 3.52. The number of Topliss-reactive ketones (excluding diaryl/α,β-unsaturated/α-hetero) is 1. The highest BCUT2D eigenvalue weighted by Gasteiger charge is 2.44. The summed E-state index contributed by atoms with van der Waals surface area (Å²) in [6, 6.07) is 9.96. The number of unbranched alkanes of at least 4 members (excludes halogenated alkanes) is 2. The van der Waals surface area contributed by atoms with Crippen molar-refractivity contribution in [2.75, 3.05) is 39.4 Å². The lowest BCUT2D eigenvalue weighted by Gasteiger charge is -2.28. The number of fused-ring (bicyclic) bond motifs is 1. The monoisotopic (exact) mass is 578 g/mol. The molecule has 228 valence electrons. The molecule has 1 fully saturated rings. The van der Waals surface area contributed by atoms with Crippen LogP contribution in [0.3, 0.4) is 0 Å². The molecule has 2 unspecified atom stereocenters. The highest BCUT2D eigenvalue weighted by molar-refractivity contribution is 6.46. The molecule has 2 atom stereocenters. The molecule has 2 aromatic carbocycles. The Hall–Kier alpha value is -3.52. The van der Waals surface area contributed by atoms with Gasteiger partial charge >= 0.3 is 0 Å². The van der Waals surface area contributed by atoms with E-state index in [1.807, 2.05) is 32.0 Å². The van der Waals surface area contributed by atoms with Gasteiger partial charge in [-0.2, -0.15) is 0 Å². The Morgan fingerprint density at radius 1 is 1.00 bits per heavy atom. The number of amides is 1. The van der Waals surface area contributed by atoms with Crippen LogP contribution in [-0.4, -0.2) is 62.1 Å². The fourth-order valence-corrected chi connectivity index (χ4v) is 5.89. The molecule has 0 aliphatic carbocycles. The molecule has 42 heavy (non-hydrogen) atoms. The number of nitrogens with zero attached hydrogens (tertiary/aromatic N) is 1.